The van der Waals surface area contributed by atoms with E-state index < -0.39 is 0 Å². The van der Waals surface area contributed by atoms with E-state index >= 15 is 0 Å². The molecule has 0 aliphatic heterocycles. The first-order chi connectivity index (χ1) is 6.74. The first-order valence-corrected chi connectivity index (χ1v) is 5.37. The monoisotopic (exact) mass is 192 g/mol. The summed E-state index contributed by atoms with van der Waals surface area (Å²) in [6.45, 7) is 7.60. The number of hydrogen-bond donors (Lipinski definition) is 1. The molecule has 0 fully saturated rings. The highest BCUT2D eigenvalue weighted by atomic mass is 14.9. The van der Waals surface area contributed by atoms with Crippen molar-refractivity contribution in [2.45, 2.75) is 39.7 Å². The van der Waals surface area contributed by atoms with Crippen molar-refractivity contribution >= 4 is 0 Å². The molecule has 78 valence electrons. The molecule has 1 aromatic heterocycles. The smallest absolute Gasteiger partial charge is 0.0299 e. The lowest BCUT2D eigenvalue weighted by Gasteiger charge is -2.11. The summed E-state index contributed by atoms with van der Waals surface area (Å²) in [5, 5.41) is 3.49. The van der Waals surface area contributed by atoms with Gasteiger partial charge in [-0.1, -0.05) is 6.92 Å². The van der Waals surface area contributed by atoms with E-state index in [4.69, 9.17) is 0 Å². The molecule has 0 amide bonds. The number of nitrogens with zero attached hydrogens (tertiary/aromatic N) is 1. The van der Waals surface area contributed by atoms with Crippen molar-refractivity contribution in [1.29, 1.82) is 0 Å². The number of hydrogen-bond acceptors (Lipinski definition) is 2. The summed E-state index contributed by atoms with van der Waals surface area (Å²) in [6, 6.07) is 2.73. The number of rotatable bonds is 5. The summed E-state index contributed by atoms with van der Waals surface area (Å²) in [5.41, 5.74) is 2.69. The van der Waals surface area contributed by atoms with E-state index in [1.54, 1.807) is 0 Å². The molecule has 0 aromatic carbocycles. The van der Waals surface area contributed by atoms with E-state index in [2.05, 4.69) is 37.1 Å². The first kappa shape index (κ1) is 11.2. The molecule has 1 aromatic rings. The minimum Gasteiger partial charge on any atom is -0.314 e. The molecule has 0 saturated heterocycles. The van der Waals surface area contributed by atoms with E-state index in [0.717, 1.165) is 13.0 Å². The Morgan fingerprint density at radius 3 is 2.93 bits per heavy atom. The average Bonchev–Trinajstić information content (AvgIpc) is 2.20. The molecule has 1 rings (SSSR count). The molecule has 14 heavy (non-hydrogen) atoms. The zero-order valence-corrected chi connectivity index (χ0v) is 9.38. The quantitative estimate of drug-likeness (QED) is 0.774. The largest absolute Gasteiger partial charge is 0.314 e. The Hall–Kier alpha value is -0.890. The Labute approximate surface area is 86.8 Å². The molecule has 0 radical (unpaired) electrons. The number of pyridine rings is 1. The number of aryl methyl sites for hydroxylation is 1. The fourth-order valence-electron chi connectivity index (χ4n) is 1.38. The standard InChI is InChI=1S/C12H20N2/c1-4-11(3)14-8-6-12-5-7-13-9-10(12)2/h5,7,9,11,14H,4,6,8H2,1-3H3. The van der Waals surface area contributed by atoms with Gasteiger partial charge < -0.3 is 5.32 Å². The number of aromatic nitrogens is 1. The number of nitrogens with one attached hydrogen (secondary N) is 1. The van der Waals surface area contributed by atoms with E-state index in [0.29, 0.717) is 6.04 Å². The summed E-state index contributed by atoms with van der Waals surface area (Å²) >= 11 is 0. The van der Waals surface area contributed by atoms with Crippen molar-refractivity contribution in [2.24, 2.45) is 0 Å². The second-order valence-corrected chi connectivity index (χ2v) is 3.82. The van der Waals surface area contributed by atoms with Crippen LogP contribution in [-0.4, -0.2) is 17.6 Å². The van der Waals surface area contributed by atoms with Gasteiger partial charge in [-0.15, -0.1) is 0 Å². The van der Waals surface area contributed by atoms with Crippen LogP contribution in [0.15, 0.2) is 18.5 Å². The maximum absolute atomic E-state index is 4.08. The van der Waals surface area contributed by atoms with Gasteiger partial charge in [0.2, 0.25) is 0 Å². The van der Waals surface area contributed by atoms with Gasteiger partial charge in [0.05, 0.1) is 0 Å². The Kier molecular flexibility index (Phi) is 4.60. The second kappa shape index (κ2) is 5.76. The van der Waals surface area contributed by atoms with Crippen LogP contribution in [0.25, 0.3) is 0 Å². The van der Waals surface area contributed by atoms with Crippen molar-refractivity contribution in [3.63, 3.8) is 0 Å². The Morgan fingerprint density at radius 2 is 2.29 bits per heavy atom. The molecular weight excluding hydrogens is 172 g/mol. The Balaban J connectivity index is 2.35. The van der Waals surface area contributed by atoms with Gasteiger partial charge in [-0.25, -0.2) is 0 Å². The third kappa shape index (κ3) is 3.46. The van der Waals surface area contributed by atoms with E-state index in [1.807, 2.05) is 12.4 Å². The zero-order valence-electron chi connectivity index (χ0n) is 9.38. The van der Waals surface area contributed by atoms with Crippen LogP contribution in [0.5, 0.6) is 0 Å². The van der Waals surface area contributed by atoms with Crippen molar-refractivity contribution in [3.8, 4) is 0 Å². The topological polar surface area (TPSA) is 24.9 Å². The van der Waals surface area contributed by atoms with Crippen molar-refractivity contribution in [3.05, 3.63) is 29.6 Å². The van der Waals surface area contributed by atoms with Gasteiger partial charge in [0.25, 0.3) is 0 Å². The molecule has 0 spiro atoms. The highest BCUT2D eigenvalue weighted by Gasteiger charge is 1.99. The normalized spacial score (nSPS) is 12.8. The third-order valence-corrected chi connectivity index (χ3v) is 2.64. The molecule has 1 heterocycles. The molecule has 0 aliphatic rings. The summed E-state index contributed by atoms with van der Waals surface area (Å²) in [5.74, 6) is 0. The predicted molar refractivity (Wildman–Crippen MR) is 60.4 cm³/mol. The van der Waals surface area contributed by atoms with Gasteiger partial charge in [0.1, 0.15) is 0 Å². The fourth-order valence-corrected chi connectivity index (χ4v) is 1.38. The van der Waals surface area contributed by atoms with E-state index in [9.17, 15) is 0 Å². The van der Waals surface area contributed by atoms with Gasteiger partial charge in [0.15, 0.2) is 0 Å². The molecular formula is C12H20N2. The highest BCUT2D eigenvalue weighted by molar-refractivity contribution is 5.21. The van der Waals surface area contributed by atoms with Gasteiger partial charge in [0, 0.05) is 18.4 Å². The van der Waals surface area contributed by atoms with Crippen LogP contribution >= 0.6 is 0 Å². The van der Waals surface area contributed by atoms with Crippen LogP contribution < -0.4 is 5.32 Å². The fraction of sp³-hybridized carbons (Fsp3) is 0.583. The summed E-state index contributed by atoms with van der Waals surface area (Å²) < 4.78 is 0. The minimum atomic E-state index is 0.622. The Morgan fingerprint density at radius 1 is 1.50 bits per heavy atom. The van der Waals surface area contributed by atoms with E-state index in [-0.39, 0.29) is 0 Å². The van der Waals surface area contributed by atoms with Crippen LogP contribution in [0, 0.1) is 6.92 Å². The SMILES string of the molecule is CCC(C)NCCc1ccncc1C. The summed E-state index contributed by atoms with van der Waals surface area (Å²) in [4.78, 5) is 4.08. The lowest BCUT2D eigenvalue weighted by Crippen LogP contribution is -2.27. The molecule has 1 atom stereocenters. The third-order valence-electron chi connectivity index (χ3n) is 2.64. The second-order valence-electron chi connectivity index (χ2n) is 3.82. The molecule has 1 unspecified atom stereocenters. The first-order valence-electron chi connectivity index (χ1n) is 5.37. The average molecular weight is 192 g/mol. The van der Waals surface area contributed by atoms with Crippen molar-refractivity contribution < 1.29 is 0 Å². The lowest BCUT2D eigenvalue weighted by atomic mass is 10.1. The predicted octanol–water partition coefficient (Wildman–Crippen LogP) is 2.32. The van der Waals surface area contributed by atoms with Crippen molar-refractivity contribution in [2.75, 3.05) is 6.54 Å². The van der Waals surface area contributed by atoms with Gasteiger partial charge in [-0.3, -0.25) is 4.98 Å². The highest BCUT2D eigenvalue weighted by Crippen LogP contribution is 2.05. The molecule has 1 N–H and O–H groups in total. The lowest BCUT2D eigenvalue weighted by molar-refractivity contribution is 0.537. The molecule has 0 bridgehead atoms. The maximum Gasteiger partial charge on any atom is 0.0299 e. The van der Waals surface area contributed by atoms with Crippen LogP contribution in [0.1, 0.15) is 31.4 Å². The molecule has 2 nitrogen and oxygen atoms in total. The Bertz CT molecular complexity index is 271. The molecule has 0 saturated carbocycles. The maximum atomic E-state index is 4.08. The minimum absolute atomic E-state index is 0.622. The van der Waals surface area contributed by atoms with Crippen LogP contribution in [-0.2, 0) is 6.42 Å². The molecule has 2 heteroatoms. The van der Waals surface area contributed by atoms with Crippen LogP contribution in [0.4, 0.5) is 0 Å². The summed E-state index contributed by atoms with van der Waals surface area (Å²) in [7, 11) is 0. The zero-order chi connectivity index (χ0) is 10.4. The summed E-state index contributed by atoms with van der Waals surface area (Å²) in [6.07, 6.45) is 6.08. The van der Waals surface area contributed by atoms with Crippen LogP contribution in [0.3, 0.4) is 0 Å². The van der Waals surface area contributed by atoms with Crippen LogP contribution in [0.2, 0.25) is 0 Å². The van der Waals surface area contributed by atoms with Gasteiger partial charge >= 0.3 is 0 Å². The van der Waals surface area contributed by atoms with Crippen molar-refractivity contribution in [1.82, 2.24) is 10.3 Å². The van der Waals surface area contributed by atoms with Gasteiger partial charge in [-0.05, 0) is 50.4 Å². The van der Waals surface area contributed by atoms with E-state index in [1.165, 1.54) is 17.5 Å². The molecule has 0 aliphatic carbocycles. The van der Waals surface area contributed by atoms with Gasteiger partial charge in [-0.2, -0.15) is 0 Å².